The SMILES string of the molecule is C=Cc1nc2cc(C)ccc2nc1C(=C)C.CC.CC. The molecule has 2 aromatic rings. The summed E-state index contributed by atoms with van der Waals surface area (Å²) in [6.07, 6.45) is 1.72. The molecule has 0 atom stereocenters. The number of aryl methyl sites for hydroxylation is 1. The van der Waals surface area contributed by atoms with Crippen LogP contribution in [-0.4, -0.2) is 9.97 Å². The van der Waals surface area contributed by atoms with Crippen LogP contribution in [-0.2, 0) is 0 Å². The van der Waals surface area contributed by atoms with Gasteiger partial charge in [-0.3, -0.25) is 0 Å². The molecular formula is C18H26N2. The van der Waals surface area contributed by atoms with Crippen molar-refractivity contribution in [3.8, 4) is 0 Å². The van der Waals surface area contributed by atoms with Crippen LogP contribution in [0.2, 0.25) is 0 Å². The third kappa shape index (κ3) is 4.30. The summed E-state index contributed by atoms with van der Waals surface area (Å²) in [6, 6.07) is 6.04. The van der Waals surface area contributed by atoms with Crippen molar-refractivity contribution in [1.82, 2.24) is 9.97 Å². The summed E-state index contributed by atoms with van der Waals surface area (Å²) in [5.74, 6) is 0. The molecule has 0 unspecified atom stereocenters. The molecular weight excluding hydrogens is 244 g/mol. The van der Waals surface area contributed by atoms with E-state index in [1.165, 1.54) is 5.56 Å². The Morgan fingerprint density at radius 1 is 1.05 bits per heavy atom. The van der Waals surface area contributed by atoms with Crippen LogP contribution in [0.1, 0.15) is 51.6 Å². The van der Waals surface area contributed by atoms with Crippen LogP contribution in [0.25, 0.3) is 22.7 Å². The van der Waals surface area contributed by atoms with Crippen LogP contribution >= 0.6 is 0 Å². The van der Waals surface area contributed by atoms with E-state index in [2.05, 4.69) is 23.1 Å². The van der Waals surface area contributed by atoms with E-state index >= 15 is 0 Å². The smallest absolute Gasteiger partial charge is 0.0917 e. The Morgan fingerprint density at radius 2 is 1.65 bits per heavy atom. The molecule has 2 nitrogen and oxygen atoms in total. The van der Waals surface area contributed by atoms with Crippen molar-refractivity contribution in [2.75, 3.05) is 0 Å². The number of fused-ring (bicyclic) bond motifs is 1. The first-order valence-electron chi connectivity index (χ1n) is 7.18. The van der Waals surface area contributed by atoms with Crippen molar-refractivity contribution in [3.05, 3.63) is 48.3 Å². The fourth-order valence-corrected chi connectivity index (χ4v) is 1.63. The van der Waals surface area contributed by atoms with E-state index in [9.17, 15) is 0 Å². The van der Waals surface area contributed by atoms with Gasteiger partial charge >= 0.3 is 0 Å². The zero-order valence-electron chi connectivity index (χ0n) is 13.6. The van der Waals surface area contributed by atoms with Crippen molar-refractivity contribution in [1.29, 1.82) is 0 Å². The maximum Gasteiger partial charge on any atom is 0.0917 e. The highest BCUT2D eigenvalue weighted by atomic mass is 14.8. The molecule has 0 aliphatic carbocycles. The molecule has 0 amide bonds. The summed E-state index contributed by atoms with van der Waals surface area (Å²) in [5, 5.41) is 0. The topological polar surface area (TPSA) is 25.8 Å². The molecule has 2 heteroatoms. The zero-order chi connectivity index (χ0) is 15.7. The molecule has 2 rings (SSSR count). The average molecular weight is 270 g/mol. The fourth-order valence-electron chi connectivity index (χ4n) is 1.63. The zero-order valence-corrected chi connectivity index (χ0v) is 13.6. The van der Waals surface area contributed by atoms with Crippen LogP contribution in [0.3, 0.4) is 0 Å². The quantitative estimate of drug-likeness (QED) is 0.703. The lowest BCUT2D eigenvalue weighted by atomic mass is 10.1. The molecule has 0 aliphatic rings. The van der Waals surface area contributed by atoms with Crippen molar-refractivity contribution in [2.45, 2.75) is 41.5 Å². The van der Waals surface area contributed by atoms with E-state index in [4.69, 9.17) is 0 Å². The van der Waals surface area contributed by atoms with Gasteiger partial charge in [0.15, 0.2) is 0 Å². The summed E-state index contributed by atoms with van der Waals surface area (Å²) in [5.41, 5.74) is 5.51. The minimum atomic E-state index is 0.797. The van der Waals surface area contributed by atoms with Gasteiger partial charge in [-0.1, -0.05) is 46.9 Å². The average Bonchev–Trinajstić information content (AvgIpc) is 2.49. The van der Waals surface area contributed by atoms with E-state index in [0.29, 0.717) is 0 Å². The van der Waals surface area contributed by atoms with Crippen LogP contribution in [0.4, 0.5) is 0 Å². The Bertz CT molecular complexity index is 583. The van der Waals surface area contributed by atoms with E-state index < -0.39 is 0 Å². The summed E-state index contributed by atoms with van der Waals surface area (Å²) in [7, 11) is 0. The number of rotatable bonds is 2. The third-order valence-corrected chi connectivity index (χ3v) is 2.44. The minimum Gasteiger partial charge on any atom is -0.245 e. The second-order valence-corrected chi connectivity index (χ2v) is 3.93. The second-order valence-electron chi connectivity index (χ2n) is 3.93. The molecule has 20 heavy (non-hydrogen) atoms. The van der Waals surface area contributed by atoms with Gasteiger partial charge < -0.3 is 0 Å². The normalized spacial score (nSPS) is 8.90. The molecule has 1 aromatic carbocycles. The molecule has 0 fully saturated rings. The molecule has 0 N–H and O–H groups in total. The maximum absolute atomic E-state index is 4.55. The Balaban J connectivity index is 0.000000829. The predicted octanol–water partition coefficient (Wildman–Crippen LogP) is 5.67. The van der Waals surface area contributed by atoms with Gasteiger partial charge in [-0.2, -0.15) is 0 Å². The van der Waals surface area contributed by atoms with E-state index in [-0.39, 0.29) is 0 Å². The molecule has 0 saturated heterocycles. The Morgan fingerprint density at radius 3 is 2.15 bits per heavy atom. The number of benzene rings is 1. The van der Waals surface area contributed by atoms with Crippen molar-refractivity contribution in [2.24, 2.45) is 0 Å². The van der Waals surface area contributed by atoms with Crippen LogP contribution in [0.15, 0.2) is 31.4 Å². The predicted molar refractivity (Wildman–Crippen MR) is 91.8 cm³/mol. The van der Waals surface area contributed by atoms with Crippen LogP contribution < -0.4 is 0 Å². The Hall–Kier alpha value is -1.96. The van der Waals surface area contributed by atoms with E-state index in [1.54, 1.807) is 6.08 Å². The van der Waals surface area contributed by atoms with Gasteiger partial charge in [0.25, 0.3) is 0 Å². The minimum absolute atomic E-state index is 0.797. The van der Waals surface area contributed by atoms with Gasteiger partial charge in [0.1, 0.15) is 0 Å². The largest absolute Gasteiger partial charge is 0.245 e. The summed E-state index contributed by atoms with van der Waals surface area (Å²) >= 11 is 0. The summed E-state index contributed by atoms with van der Waals surface area (Å²) in [6.45, 7) is 19.6. The Kier molecular flexibility index (Phi) is 8.14. The summed E-state index contributed by atoms with van der Waals surface area (Å²) in [4.78, 5) is 9.09. The fraction of sp³-hybridized carbons (Fsp3) is 0.333. The van der Waals surface area contributed by atoms with Crippen LogP contribution in [0, 0.1) is 6.92 Å². The van der Waals surface area contributed by atoms with Gasteiger partial charge in [-0.25, -0.2) is 9.97 Å². The molecule has 108 valence electrons. The molecule has 1 heterocycles. The highest BCUT2D eigenvalue weighted by Crippen LogP contribution is 2.19. The molecule has 0 spiro atoms. The number of hydrogen-bond donors (Lipinski definition) is 0. The van der Waals surface area contributed by atoms with Gasteiger partial charge in [0.2, 0.25) is 0 Å². The first kappa shape index (κ1) is 18.0. The number of nitrogens with zero attached hydrogens (tertiary/aromatic N) is 2. The van der Waals surface area contributed by atoms with Crippen LogP contribution in [0.5, 0.6) is 0 Å². The molecule has 0 radical (unpaired) electrons. The van der Waals surface area contributed by atoms with Gasteiger partial charge in [0.05, 0.1) is 22.4 Å². The second kappa shape index (κ2) is 9.03. The lowest BCUT2D eigenvalue weighted by Gasteiger charge is -2.06. The van der Waals surface area contributed by atoms with Crippen molar-refractivity contribution in [3.63, 3.8) is 0 Å². The molecule has 0 aliphatic heterocycles. The Labute approximate surface area is 123 Å². The monoisotopic (exact) mass is 270 g/mol. The van der Waals surface area contributed by atoms with E-state index in [0.717, 1.165) is 28.0 Å². The highest BCUT2D eigenvalue weighted by Gasteiger charge is 2.06. The first-order valence-corrected chi connectivity index (χ1v) is 7.18. The molecule has 0 bridgehead atoms. The number of aromatic nitrogens is 2. The van der Waals surface area contributed by atoms with Gasteiger partial charge in [-0.15, -0.1) is 0 Å². The van der Waals surface area contributed by atoms with Crippen molar-refractivity contribution >= 4 is 22.7 Å². The standard InChI is InChI=1S/C14H14N2.2C2H6/c1-5-11-14(9(2)3)16-12-7-6-10(4)8-13(12)15-11;2*1-2/h5-8H,1-2H2,3-4H3;2*1-2H3. The maximum atomic E-state index is 4.55. The first-order chi connectivity index (χ1) is 9.61. The number of allylic oxidation sites excluding steroid dienone is 1. The van der Waals surface area contributed by atoms with Crippen molar-refractivity contribution < 1.29 is 0 Å². The van der Waals surface area contributed by atoms with Gasteiger partial charge in [0, 0.05) is 0 Å². The number of hydrogen-bond acceptors (Lipinski definition) is 2. The van der Waals surface area contributed by atoms with E-state index in [1.807, 2.05) is 59.7 Å². The molecule has 0 saturated carbocycles. The van der Waals surface area contributed by atoms with Gasteiger partial charge in [-0.05, 0) is 43.2 Å². The lowest BCUT2D eigenvalue weighted by Crippen LogP contribution is -1.96. The summed E-state index contributed by atoms with van der Waals surface area (Å²) < 4.78 is 0. The molecule has 1 aromatic heterocycles. The highest BCUT2D eigenvalue weighted by molar-refractivity contribution is 5.80. The third-order valence-electron chi connectivity index (χ3n) is 2.44. The lowest BCUT2D eigenvalue weighted by molar-refractivity contribution is 1.22.